The molecule has 0 aliphatic carbocycles. The van der Waals surface area contributed by atoms with Gasteiger partial charge in [0.05, 0.1) is 12.0 Å². The standard InChI is InChI=1S/C14H14BrNO4/c1-3-19-14(18)8(2)20-9-4-5-10-11(6-9)13(17)16-7-12(10)15/h4-8H,3H2,1-2H3,(H,16,17)/t8-/m1/s1. The highest BCUT2D eigenvalue weighted by molar-refractivity contribution is 9.10. The lowest BCUT2D eigenvalue weighted by Crippen LogP contribution is -2.26. The van der Waals surface area contributed by atoms with Gasteiger partial charge in [-0.15, -0.1) is 0 Å². The largest absolute Gasteiger partial charge is 0.479 e. The van der Waals surface area contributed by atoms with Gasteiger partial charge in [0.15, 0.2) is 6.10 Å². The third kappa shape index (κ3) is 3.01. The fourth-order valence-electron chi connectivity index (χ4n) is 1.79. The first kappa shape index (κ1) is 14.6. The van der Waals surface area contributed by atoms with Crippen LogP contribution in [0.2, 0.25) is 0 Å². The molecule has 1 aromatic heterocycles. The molecule has 5 nitrogen and oxygen atoms in total. The maximum atomic E-state index is 11.8. The molecule has 2 aromatic rings. The van der Waals surface area contributed by atoms with Crippen molar-refractivity contribution in [1.82, 2.24) is 4.98 Å². The second-order valence-corrected chi connectivity index (χ2v) is 5.04. The van der Waals surface area contributed by atoms with E-state index in [0.29, 0.717) is 17.7 Å². The van der Waals surface area contributed by atoms with Crippen molar-refractivity contribution < 1.29 is 14.3 Å². The maximum absolute atomic E-state index is 11.8. The van der Waals surface area contributed by atoms with E-state index in [4.69, 9.17) is 9.47 Å². The Hall–Kier alpha value is -1.82. The fraction of sp³-hybridized carbons (Fsp3) is 0.286. The number of carbonyl (C=O) groups excluding carboxylic acids is 1. The van der Waals surface area contributed by atoms with Gasteiger partial charge in [-0.25, -0.2) is 4.79 Å². The number of rotatable bonds is 4. The van der Waals surface area contributed by atoms with Crippen LogP contribution in [0.15, 0.2) is 33.7 Å². The van der Waals surface area contributed by atoms with E-state index >= 15 is 0 Å². The van der Waals surface area contributed by atoms with Crippen LogP contribution in [0.5, 0.6) is 5.75 Å². The van der Waals surface area contributed by atoms with Gasteiger partial charge in [-0.1, -0.05) is 0 Å². The molecule has 0 spiro atoms. The van der Waals surface area contributed by atoms with Crippen LogP contribution < -0.4 is 10.3 Å². The zero-order valence-corrected chi connectivity index (χ0v) is 12.7. The third-order valence-electron chi connectivity index (χ3n) is 2.75. The number of fused-ring (bicyclic) bond motifs is 1. The molecular weight excluding hydrogens is 326 g/mol. The Morgan fingerprint density at radius 3 is 2.85 bits per heavy atom. The summed E-state index contributed by atoms with van der Waals surface area (Å²) < 4.78 is 11.1. The van der Waals surface area contributed by atoms with E-state index < -0.39 is 12.1 Å². The topological polar surface area (TPSA) is 68.4 Å². The highest BCUT2D eigenvalue weighted by Crippen LogP contribution is 2.24. The van der Waals surface area contributed by atoms with Gasteiger partial charge in [0.1, 0.15) is 5.75 Å². The first-order chi connectivity index (χ1) is 9.52. The van der Waals surface area contributed by atoms with Crippen LogP contribution >= 0.6 is 15.9 Å². The molecule has 0 radical (unpaired) electrons. The summed E-state index contributed by atoms with van der Waals surface area (Å²) in [6.07, 6.45) is 0.866. The smallest absolute Gasteiger partial charge is 0.347 e. The fourth-order valence-corrected chi connectivity index (χ4v) is 2.25. The molecule has 106 valence electrons. The quantitative estimate of drug-likeness (QED) is 0.869. The number of H-pyrrole nitrogens is 1. The van der Waals surface area contributed by atoms with Crippen LogP contribution in [0.4, 0.5) is 0 Å². The number of halogens is 1. The van der Waals surface area contributed by atoms with Gasteiger partial charge in [0.25, 0.3) is 5.56 Å². The normalized spacial score (nSPS) is 12.2. The van der Waals surface area contributed by atoms with Crippen LogP contribution in [-0.2, 0) is 9.53 Å². The average molecular weight is 340 g/mol. The van der Waals surface area contributed by atoms with Gasteiger partial charge in [0, 0.05) is 16.1 Å². The molecule has 1 N–H and O–H groups in total. The van der Waals surface area contributed by atoms with E-state index in [1.807, 2.05) is 0 Å². The predicted octanol–water partition coefficient (Wildman–Crippen LogP) is 2.62. The summed E-state index contributed by atoms with van der Waals surface area (Å²) in [4.78, 5) is 25.9. The molecule has 0 unspecified atom stereocenters. The number of carbonyl (C=O) groups is 1. The summed E-state index contributed by atoms with van der Waals surface area (Å²) in [6.45, 7) is 3.64. The van der Waals surface area contributed by atoms with Gasteiger partial charge in [-0.05, 0) is 48.0 Å². The van der Waals surface area contributed by atoms with Crippen LogP contribution in [0.3, 0.4) is 0 Å². The summed E-state index contributed by atoms with van der Waals surface area (Å²) in [5, 5.41) is 1.28. The number of aromatic amines is 1. The molecule has 1 heterocycles. The van der Waals surface area contributed by atoms with Crippen molar-refractivity contribution >= 4 is 32.7 Å². The van der Waals surface area contributed by atoms with E-state index in [0.717, 1.165) is 9.86 Å². The lowest BCUT2D eigenvalue weighted by molar-refractivity contribution is -0.150. The van der Waals surface area contributed by atoms with Crippen molar-refractivity contribution in [3.63, 3.8) is 0 Å². The van der Waals surface area contributed by atoms with Crippen molar-refractivity contribution in [2.24, 2.45) is 0 Å². The number of hydrogen-bond acceptors (Lipinski definition) is 4. The monoisotopic (exact) mass is 339 g/mol. The zero-order chi connectivity index (χ0) is 14.7. The van der Waals surface area contributed by atoms with Gasteiger partial charge < -0.3 is 14.5 Å². The molecule has 0 fully saturated rings. The Morgan fingerprint density at radius 1 is 1.40 bits per heavy atom. The summed E-state index contributed by atoms with van der Waals surface area (Å²) in [5.74, 6) is 0.0115. The molecule has 0 aliphatic rings. The van der Waals surface area contributed by atoms with Crippen LogP contribution in [0, 0.1) is 0 Å². The summed E-state index contributed by atoms with van der Waals surface area (Å²) in [5.41, 5.74) is -0.211. The lowest BCUT2D eigenvalue weighted by Gasteiger charge is -2.13. The number of benzene rings is 1. The molecular formula is C14H14BrNO4. The predicted molar refractivity (Wildman–Crippen MR) is 79.0 cm³/mol. The van der Waals surface area contributed by atoms with Crippen molar-refractivity contribution in [2.75, 3.05) is 6.61 Å². The minimum atomic E-state index is -0.723. The molecule has 1 aromatic carbocycles. The van der Waals surface area contributed by atoms with Crippen molar-refractivity contribution in [1.29, 1.82) is 0 Å². The Labute approximate surface area is 124 Å². The maximum Gasteiger partial charge on any atom is 0.347 e. The SMILES string of the molecule is CCOC(=O)[C@@H](C)Oc1ccc2c(Br)c[nH]c(=O)c2c1. The number of hydrogen-bond donors (Lipinski definition) is 1. The molecule has 2 rings (SSSR count). The minimum absolute atomic E-state index is 0.211. The Kier molecular flexibility index (Phi) is 4.44. The summed E-state index contributed by atoms with van der Waals surface area (Å²) in [7, 11) is 0. The molecule has 0 bridgehead atoms. The van der Waals surface area contributed by atoms with Crippen molar-refractivity contribution in [3.8, 4) is 5.75 Å². The number of pyridine rings is 1. The summed E-state index contributed by atoms with van der Waals surface area (Å²) in [6, 6.07) is 5.08. The molecule has 6 heteroatoms. The number of aromatic nitrogens is 1. The Balaban J connectivity index is 2.31. The number of nitrogens with one attached hydrogen (secondary N) is 1. The molecule has 1 atom stereocenters. The van der Waals surface area contributed by atoms with Crippen LogP contribution in [0.1, 0.15) is 13.8 Å². The Bertz CT molecular complexity index is 695. The van der Waals surface area contributed by atoms with Crippen LogP contribution in [0.25, 0.3) is 10.8 Å². The van der Waals surface area contributed by atoms with E-state index in [1.54, 1.807) is 38.2 Å². The van der Waals surface area contributed by atoms with Gasteiger partial charge in [0.2, 0.25) is 0 Å². The minimum Gasteiger partial charge on any atom is -0.479 e. The first-order valence-electron chi connectivity index (χ1n) is 6.17. The van der Waals surface area contributed by atoms with Crippen LogP contribution in [-0.4, -0.2) is 23.7 Å². The van der Waals surface area contributed by atoms with Gasteiger partial charge in [-0.2, -0.15) is 0 Å². The molecule has 0 saturated heterocycles. The Morgan fingerprint density at radius 2 is 2.15 bits per heavy atom. The third-order valence-corrected chi connectivity index (χ3v) is 3.41. The molecule has 20 heavy (non-hydrogen) atoms. The van der Waals surface area contributed by atoms with E-state index in [-0.39, 0.29) is 5.56 Å². The van der Waals surface area contributed by atoms with Gasteiger partial charge in [-0.3, -0.25) is 4.79 Å². The first-order valence-corrected chi connectivity index (χ1v) is 6.96. The highest BCUT2D eigenvalue weighted by atomic mass is 79.9. The number of esters is 1. The molecule has 0 aliphatic heterocycles. The lowest BCUT2D eigenvalue weighted by atomic mass is 10.1. The zero-order valence-electron chi connectivity index (χ0n) is 11.1. The average Bonchev–Trinajstić information content (AvgIpc) is 2.43. The van der Waals surface area contributed by atoms with E-state index in [9.17, 15) is 9.59 Å². The van der Waals surface area contributed by atoms with Gasteiger partial charge >= 0.3 is 5.97 Å². The molecule has 0 saturated carbocycles. The second-order valence-electron chi connectivity index (χ2n) is 4.19. The molecule has 0 amide bonds. The van der Waals surface area contributed by atoms with Crippen molar-refractivity contribution in [2.45, 2.75) is 20.0 Å². The highest BCUT2D eigenvalue weighted by Gasteiger charge is 2.16. The number of ether oxygens (including phenoxy) is 2. The van der Waals surface area contributed by atoms with E-state index in [2.05, 4.69) is 20.9 Å². The van der Waals surface area contributed by atoms with E-state index in [1.165, 1.54) is 0 Å². The van der Waals surface area contributed by atoms with Crippen molar-refractivity contribution in [3.05, 3.63) is 39.2 Å². The second kappa shape index (κ2) is 6.09. The summed E-state index contributed by atoms with van der Waals surface area (Å²) >= 11 is 3.37.